The topological polar surface area (TPSA) is 317 Å². The zero-order chi connectivity index (χ0) is 39.3. The first-order valence-electron chi connectivity index (χ1n) is 16.8. The summed E-state index contributed by atoms with van der Waals surface area (Å²) in [5.74, 6) is -2.63. The number of aromatic hydroxyl groups is 3. The molecule has 3 aromatic rings. The molecule has 20 nitrogen and oxygen atoms in total. The summed E-state index contributed by atoms with van der Waals surface area (Å²) in [5, 5.41) is 115. The number of rotatable bonds is 9. The van der Waals surface area contributed by atoms with E-state index in [0.29, 0.717) is 0 Å². The van der Waals surface area contributed by atoms with Crippen molar-refractivity contribution in [3.8, 4) is 40.1 Å². The Balaban J connectivity index is 1.24. The molecule has 3 aliphatic heterocycles. The molecular formula is C34H42O20. The Morgan fingerprint density at radius 2 is 1.31 bits per heavy atom. The summed E-state index contributed by atoms with van der Waals surface area (Å²) >= 11 is 0. The summed E-state index contributed by atoms with van der Waals surface area (Å²) in [6.07, 6.45) is -24.3. The van der Waals surface area contributed by atoms with E-state index in [-0.39, 0.29) is 28.0 Å². The number of aliphatic hydroxyl groups excluding tert-OH is 8. The monoisotopic (exact) mass is 770 g/mol. The molecule has 0 aliphatic carbocycles. The molecule has 3 aliphatic rings. The van der Waals surface area contributed by atoms with Crippen LogP contribution in [0.2, 0.25) is 0 Å². The highest BCUT2D eigenvalue weighted by molar-refractivity contribution is 5.88. The first-order valence-corrected chi connectivity index (χ1v) is 16.8. The molecule has 0 radical (unpaired) electrons. The third-order valence-electron chi connectivity index (χ3n) is 9.59. The number of phenolic OH excluding ortho intramolecular Hbond substituents is 3. The van der Waals surface area contributed by atoms with E-state index in [4.69, 9.17) is 37.6 Å². The van der Waals surface area contributed by atoms with Crippen LogP contribution >= 0.6 is 0 Å². The van der Waals surface area contributed by atoms with E-state index in [2.05, 4.69) is 0 Å². The number of benzene rings is 2. The molecule has 11 N–H and O–H groups in total. The number of fused-ring (bicyclic) bond motifs is 1. The second kappa shape index (κ2) is 15.7. The first kappa shape index (κ1) is 39.8. The fraction of sp³-hybridized carbons (Fsp3) is 0.559. The van der Waals surface area contributed by atoms with Gasteiger partial charge in [-0.1, -0.05) is 0 Å². The summed E-state index contributed by atoms with van der Waals surface area (Å²) in [4.78, 5) is 13.9. The van der Waals surface area contributed by atoms with Gasteiger partial charge in [0.25, 0.3) is 0 Å². The number of phenols is 3. The molecule has 3 fully saturated rings. The molecular weight excluding hydrogens is 728 g/mol. The van der Waals surface area contributed by atoms with Crippen molar-refractivity contribution >= 4 is 11.0 Å². The van der Waals surface area contributed by atoms with Crippen LogP contribution in [0, 0.1) is 0 Å². The van der Waals surface area contributed by atoms with Gasteiger partial charge in [-0.2, -0.15) is 0 Å². The molecule has 0 spiro atoms. The minimum absolute atomic E-state index is 0.0184. The number of hydrogen-bond acceptors (Lipinski definition) is 20. The molecule has 54 heavy (non-hydrogen) atoms. The maximum Gasteiger partial charge on any atom is 0.239 e. The van der Waals surface area contributed by atoms with Crippen molar-refractivity contribution in [1.82, 2.24) is 0 Å². The minimum Gasteiger partial charge on any atom is -0.507 e. The number of methoxy groups -OCH3 is 1. The lowest BCUT2D eigenvalue weighted by atomic mass is 9.97. The van der Waals surface area contributed by atoms with E-state index in [9.17, 15) is 61.0 Å². The van der Waals surface area contributed by atoms with Crippen molar-refractivity contribution in [1.29, 1.82) is 0 Å². The van der Waals surface area contributed by atoms with Crippen LogP contribution in [-0.4, -0.2) is 162 Å². The van der Waals surface area contributed by atoms with Crippen molar-refractivity contribution < 1.29 is 93.7 Å². The highest BCUT2D eigenvalue weighted by atomic mass is 16.7. The van der Waals surface area contributed by atoms with Crippen molar-refractivity contribution in [3.05, 3.63) is 40.6 Å². The Morgan fingerprint density at radius 3 is 2.00 bits per heavy atom. The molecule has 298 valence electrons. The van der Waals surface area contributed by atoms with Gasteiger partial charge in [0, 0.05) is 17.7 Å². The van der Waals surface area contributed by atoms with Gasteiger partial charge in [-0.3, -0.25) is 4.79 Å². The fourth-order valence-corrected chi connectivity index (χ4v) is 6.37. The molecule has 2 aromatic carbocycles. The van der Waals surface area contributed by atoms with Gasteiger partial charge in [-0.15, -0.1) is 0 Å². The van der Waals surface area contributed by atoms with Gasteiger partial charge < -0.3 is 93.7 Å². The first-order chi connectivity index (χ1) is 25.5. The average molecular weight is 771 g/mol. The zero-order valence-electron chi connectivity index (χ0n) is 28.8. The van der Waals surface area contributed by atoms with Crippen molar-refractivity contribution in [2.24, 2.45) is 0 Å². The fourth-order valence-electron chi connectivity index (χ4n) is 6.37. The van der Waals surface area contributed by atoms with E-state index in [1.165, 1.54) is 33.1 Å². The van der Waals surface area contributed by atoms with E-state index in [0.717, 1.165) is 18.2 Å². The second-order valence-electron chi connectivity index (χ2n) is 13.3. The van der Waals surface area contributed by atoms with Gasteiger partial charge in [0.2, 0.25) is 17.5 Å². The molecule has 20 heteroatoms. The second-order valence-corrected chi connectivity index (χ2v) is 13.3. The van der Waals surface area contributed by atoms with E-state index < -0.39 is 127 Å². The molecule has 15 atom stereocenters. The van der Waals surface area contributed by atoms with Crippen LogP contribution in [0.3, 0.4) is 0 Å². The molecule has 4 heterocycles. The standard InChI is InChI=1S/C34H42O20/c1-10-20(38)24(42)26(44)33(50-10)53-30-21(39)11(2)49-32(28(30)46)48-9-18-22(40)25(43)27(45)34(52-18)54-31-23(41)19-16(37)7-13(47-3)8-17(19)51-29(31)12-4-5-14(35)15(36)6-12/h4-8,10-11,18,20-22,24-28,30,32-40,42-46H,9H2,1-3H3/t10-,11-,18-,20-,21-,22-,24-,25-,26-,27-,28-,30+,32+,33-,34-/m0/s1. The van der Waals surface area contributed by atoms with Crippen LogP contribution in [0.4, 0.5) is 0 Å². The Hall–Kier alpha value is -3.87. The van der Waals surface area contributed by atoms with Crippen LogP contribution in [0.5, 0.6) is 28.7 Å². The normalized spacial score (nSPS) is 37.3. The Kier molecular flexibility index (Phi) is 11.6. The highest BCUT2D eigenvalue weighted by Crippen LogP contribution is 2.40. The Morgan fingerprint density at radius 1 is 0.667 bits per heavy atom. The summed E-state index contributed by atoms with van der Waals surface area (Å²) in [6, 6.07) is 5.81. The van der Waals surface area contributed by atoms with Crippen molar-refractivity contribution in [2.75, 3.05) is 13.7 Å². The lowest BCUT2D eigenvalue weighted by Crippen LogP contribution is -2.64. The lowest BCUT2D eigenvalue weighted by molar-refractivity contribution is -0.358. The van der Waals surface area contributed by atoms with Crippen molar-refractivity contribution in [2.45, 2.75) is 106 Å². The number of ether oxygens (including phenoxy) is 7. The Labute approximate surface area is 305 Å². The minimum atomic E-state index is -2.01. The largest absolute Gasteiger partial charge is 0.507 e. The maximum atomic E-state index is 13.9. The molecule has 3 saturated heterocycles. The number of aliphatic hydroxyl groups is 8. The Bertz CT molecular complexity index is 1850. The van der Waals surface area contributed by atoms with Crippen molar-refractivity contribution in [3.63, 3.8) is 0 Å². The van der Waals surface area contributed by atoms with Gasteiger partial charge in [0.05, 0.1) is 25.9 Å². The van der Waals surface area contributed by atoms with Crippen LogP contribution < -0.4 is 14.9 Å². The van der Waals surface area contributed by atoms with E-state index in [1.807, 2.05) is 0 Å². The molecule has 0 saturated carbocycles. The summed E-state index contributed by atoms with van der Waals surface area (Å²) in [5.41, 5.74) is -1.20. The lowest BCUT2D eigenvalue weighted by Gasteiger charge is -2.46. The average Bonchev–Trinajstić information content (AvgIpc) is 3.14. The molecule has 6 rings (SSSR count). The SMILES string of the molecule is COc1cc(O)c2c(=O)c(O[C@@H]3O[C@@H](CO[C@@H]4O[C@@H](C)[C@H](O)[C@@H](O[C@@H]5O[C@@H](C)[C@H](O)[C@H](O)[C@@H]5O)[C@@H]4O)[C@H](O)[C@H](O)[C@@H]3O)c(-c3ccc(O)c(O)c3)oc2c1. The summed E-state index contributed by atoms with van der Waals surface area (Å²) < 4.78 is 44.9. The molecule has 0 amide bonds. The predicted octanol–water partition coefficient (Wildman–Crippen LogP) is -2.53. The van der Waals surface area contributed by atoms with Gasteiger partial charge in [-0.05, 0) is 32.0 Å². The third-order valence-corrected chi connectivity index (χ3v) is 9.59. The highest BCUT2D eigenvalue weighted by Gasteiger charge is 2.51. The van der Waals surface area contributed by atoms with Gasteiger partial charge in [0.1, 0.15) is 83.5 Å². The molecule has 1 aromatic heterocycles. The smallest absolute Gasteiger partial charge is 0.239 e. The molecule has 0 unspecified atom stereocenters. The quantitative estimate of drug-likeness (QED) is 0.0999. The van der Waals surface area contributed by atoms with Crippen LogP contribution in [0.15, 0.2) is 39.5 Å². The van der Waals surface area contributed by atoms with Gasteiger partial charge in [0.15, 0.2) is 29.8 Å². The predicted molar refractivity (Wildman–Crippen MR) is 176 cm³/mol. The zero-order valence-corrected chi connectivity index (χ0v) is 28.8. The number of hydrogen-bond donors (Lipinski definition) is 11. The van der Waals surface area contributed by atoms with E-state index >= 15 is 0 Å². The maximum absolute atomic E-state index is 13.9. The summed E-state index contributed by atoms with van der Waals surface area (Å²) in [6.45, 7) is 2.14. The van der Waals surface area contributed by atoms with Crippen LogP contribution in [-0.2, 0) is 23.7 Å². The van der Waals surface area contributed by atoms with Gasteiger partial charge in [-0.25, -0.2) is 0 Å². The van der Waals surface area contributed by atoms with Crippen LogP contribution in [0.25, 0.3) is 22.3 Å². The third kappa shape index (κ3) is 7.41. The van der Waals surface area contributed by atoms with Gasteiger partial charge >= 0.3 is 0 Å². The van der Waals surface area contributed by atoms with Crippen LogP contribution in [0.1, 0.15) is 13.8 Å². The summed E-state index contributed by atoms with van der Waals surface area (Å²) in [7, 11) is 1.31. The molecule has 0 bridgehead atoms. The van der Waals surface area contributed by atoms with E-state index in [1.54, 1.807) is 0 Å².